The number of carbonyl (C=O) groups excluding carboxylic acids is 2. The molecule has 0 spiro atoms. The molecule has 3 heterocycles. The minimum absolute atomic E-state index is 0.0208. The van der Waals surface area contributed by atoms with Crippen LogP contribution in [0.15, 0.2) is 30.5 Å². The highest BCUT2D eigenvalue weighted by Gasteiger charge is 2.22. The Morgan fingerprint density at radius 2 is 2.16 bits per heavy atom. The summed E-state index contributed by atoms with van der Waals surface area (Å²) in [6, 6.07) is 6.64. The predicted molar refractivity (Wildman–Crippen MR) is 111 cm³/mol. The quantitative estimate of drug-likeness (QED) is 0.591. The molecular weight excluding hydrogens is 427 g/mol. The summed E-state index contributed by atoms with van der Waals surface area (Å²) in [6.07, 6.45) is 0.373. The van der Waals surface area contributed by atoms with Gasteiger partial charge in [0, 0.05) is 30.3 Å². The third-order valence-corrected chi connectivity index (χ3v) is 5.19. The molecule has 0 saturated carbocycles. The SMILES string of the molecule is C[C@@H](OC(=O)Nc1c(-c2ccc3c(c2)CCC(=O)N3)nnn1C)c1cc(F)cnc1Cl. The Morgan fingerprint density at radius 3 is 2.97 bits per heavy atom. The van der Waals surface area contributed by atoms with Crippen LogP contribution in [0.3, 0.4) is 0 Å². The smallest absolute Gasteiger partial charge is 0.413 e. The zero-order chi connectivity index (χ0) is 22.1. The molecule has 3 aromatic rings. The van der Waals surface area contributed by atoms with Crippen molar-refractivity contribution < 1.29 is 18.7 Å². The van der Waals surface area contributed by atoms with Crippen molar-refractivity contribution in [2.75, 3.05) is 10.6 Å². The maximum Gasteiger partial charge on any atom is 0.413 e. The van der Waals surface area contributed by atoms with Gasteiger partial charge < -0.3 is 10.1 Å². The van der Waals surface area contributed by atoms with Gasteiger partial charge >= 0.3 is 6.09 Å². The van der Waals surface area contributed by atoms with E-state index in [4.69, 9.17) is 16.3 Å². The number of ether oxygens (including phenoxy) is 1. The number of halogens is 2. The molecule has 9 nitrogen and oxygen atoms in total. The first-order valence-corrected chi connectivity index (χ1v) is 9.81. The van der Waals surface area contributed by atoms with Crippen molar-refractivity contribution >= 4 is 35.1 Å². The van der Waals surface area contributed by atoms with E-state index < -0.39 is 18.0 Å². The second kappa shape index (κ2) is 8.31. The minimum atomic E-state index is -0.840. The largest absolute Gasteiger partial charge is 0.441 e. The maximum absolute atomic E-state index is 13.5. The van der Waals surface area contributed by atoms with Gasteiger partial charge in [0.25, 0.3) is 0 Å². The number of pyridine rings is 1. The van der Waals surface area contributed by atoms with Gasteiger partial charge in [0.15, 0.2) is 5.82 Å². The van der Waals surface area contributed by atoms with Crippen LogP contribution in [0.5, 0.6) is 0 Å². The lowest BCUT2D eigenvalue weighted by atomic mass is 9.99. The van der Waals surface area contributed by atoms with Crippen molar-refractivity contribution in [3.05, 3.63) is 52.6 Å². The molecule has 0 fully saturated rings. The zero-order valence-electron chi connectivity index (χ0n) is 16.6. The third kappa shape index (κ3) is 4.33. The zero-order valence-corrected chi connectivity index (χ0v) is 17.4. The second-order valence-corrected chi connectivity index (χ2v) is 7.39. The van der Waals surface area contributed by atoms with Gasteiger partial charge in [-0.25, -0.2) is 18.9 Å². The molecule has 0 aliphatic carbocycles. The molecule has 2 aromatic heterocycles. The summed E-state index contributed by atoms with van der Waals surface area (Å²) in [4.78, 5) is 27.8. The summed E-state index contributed by atoms with van der Waals surface area (Å²) in [7, 11) is 1.63. The van der Waals surface area contributed by atoms with Gasteiger partial charge in [-0.1, -0.05) is 22.9 Å². The number of nitrogens with zero attached hydrogens (tertiary/aromatic N) is 4. The van der Waals surface area contributed by atoms with Crippen molar-refractivity contribution in [1.82, 2.24) is 20.0 Å². The Morgan fingerprint density at radius 1 is 1.35 bits per heavy atom. The highest BCUT2D eigenvalue weighted by Crippen LogP contribution is 2.31. The summed E-state index contributed by atoms with van der Waals surface area (Å²) in [6.45, 7) is 1.56. The third-order valence-electron chi connectivity index (χ3n) is 4.88. The first-order chi connectivity index (χ1) is 14.8. The van der Waals surface area contributed by atoms with Crippen LogP contribution in [0.4, 0.5) is 20.7 Å². The number of hydrogen-bond donors (Lipinski definition) is 2. The number of aromatic nitrogens is 4. The Hall–Kier alpha value is -3.53. The molecule has 1 aromatic carbocycles. The number of anilines is 2. The van der Waals surface area contributed by atoms with E-state index in [0.717, 1.165) is 29.1 Å². The van der Waals surface area contributed by atoms with Crippen LogP contribution < -0.4 is 10.6 Å². The fraction of sp³-hybridized carbons (Fsp3) is 0.250. The number of benzene rings is 1. The molecule has 2 amide bonds. The van der Waals surface area contributed by atoms with E-state index >= 15 is 0 Å². The molecule has 11 heteroatoms. The highest BCUT2D eigenvalue weighted by molar-refractivity contribution is 6.30. The van der Waals surface area contributed by atoms with Crippen LogP contribution in [-0.2, 0) is 23.0 Å². The van der Waals surface area contributed by atoms with E-state index in [9.17, 15) is 14.0 Å². The average Bonchev–Trinajstić information content (AvgIpc) is 3.09. The predicted octanol–water partition coefficient (Wildman–Crippen LogP) is 3.86. The summed E-state index contributed by atoms with van der Waals surface area (Å²) < 4.78 is 20.2. The fourth-order valence-electron chi connectivity index (χ4n) is 3.30. The Balaban J connectivity index is 1.54. The first kappa shape index (κ1) is 20.7. The monoisotopic (exact) mass is 444 g/mol. The Labute approximate surface area is 181 Å². The number of rotatable bonds is 4. The Bertz CT molecular complexity index is 1180. The molecule has 31 heavy (non-hydrogen) atoms. The molecule has 160 valence electrons. The summed E-state index contributed by atoms with van der Waals surface area (Å²) in [5, 5.41) is 13.6. The van der Waals surface area contributed by atoms with Gasteiger partial charge in [-0.15, -0.1) is 5.10 Å². The van der Waals surface area contributed by atoms with E-state index in [1.165, 1.54) is 4.68 Å². The second-order valence-electron chi connectivity index (χ2n) is 7.04. The summed E-state index contributed by atoms with van der Waals surface area (Å²) in [5.74, 6) is -0.287. The number of fused-ring (bicyclic) bond motifs is 1. The molecule has 0 unspecified atom stereocenters. The first-order valence-electron chi connectivity index (χ1n) is 9.43. The van der Waals surface area contributed by atoms with Crippen LogP contribution in [0.2, 0.25) is 5.15 Å². The number of carbonyl (C=O) groups is 2. The van der Waals surface area contributed by atoms with Crippen LogP contribution in [0, 0.1) is 5.82 Å². The molecular formula is C20H18ClFN6O3. The van der Waals surface area contributed by atoms with Crippen LogP contribution >= 0.6 is 11.6 Å². The average molecular weight is 445 g/mol. The van der Waals surface area contributed by atoms with Crippen molar-refractivity contribution in [1.29, 1.82) is 0 Å². The molecule has 1 atom stereocenters. The van der Waals surface area contributed by atoms with Crippen molar-refractivity contribution in [3.8, 4) is 11.3 Å². The van der Waals surface area contributed by atoms with E-state index in [0.29, 0.717) is 24.4 Å². The lowest BCUT2D eigenvalue weighted by Gasteiger charge is -2.18. The van der Waals surface area contributed by atoms with E-state index in [1.807, 2.05) is 6.07 Å². The van der Waals surface area contributed by atoms with Crippen molar-refractivity contribution in [2.24, 2.45) is 7.05 Å². The summed E-state index contributed by atoms with van der Waals surface area (Å²) in [5.41, 5.74) is 3.14. The molecule has 4 rings (SSSR count). The molecule has 0 bridgehead atoms. The van der Waals surface area contributed by atoms with Crippen molar-refractivity contribution in [3.63, 3.8) is 0 Å². The normalized spacial score (nSPS) is 13.9. The lowest BCUT2D eigenvalue weighted by molar-refractivity contribution is -0.116. The number of aryl methyl sites for hydroxylation is 2. The van der Waals surface area contributed by atoms with Gasteiger partial charge in [-0.2, -0.15) is 0 Å². The summed E-state index contributed by atoms with van der Waals surface area (Å²) >= 11 is 5.98. The van der Waals surface area contributed by atoms with Gasteiger partial charge in [0.05, 0.1) is 6.20 Å². The van der Waals surface area contributed by atoms with E-state index in [1.54, 1.807) is 26.1 Å². The number of nitrogens with one attached hydrogen (secondary N) is 2. The van der Waals surface area contributed by atoms with Gasteiger partial charge in [-0.3, -0.25) is 10.1 Å². The van der Waals surface area contributed by atoms with Crippen LogP contribution in [-0.4, -0.2) is 32.0 Å². The van der Waals surface area contributed by atoms with Crippen LogP contribution in [0.1, 0.15) is 30.6 Å². The topological polar surface area (TPSA) is 111 Å². The van der Waals surface area contributed by atoms with Gasteiger partial charge in [0.2, 0.25) is 5.91 Å². The maximum atomic E-state index is 13.5. The number of amides is 2. The van der Waals surface area contributed by atoms with E-state index in [-0.39, 0.29) is 16.6 Å². The van der Waals surface area contributed by atoms with Gasteiger partial charge in [0.1, 0.15) is 22.8 Å². The van der Waals surface area contributed by atoms with E-state index in [2.05, 4.69) is 25.9 Å². The highest BCUT2D eigenvalue weighted by atomic mass is 35.5. The molecule has 0 radical (unpaired) electrons. The van der Waals surface area contributed by atoms with Crippen molar-refractivity contribution in [2.45, 2.75) is 25.9 Å². The van der Waals surface area contributed by atoms with Gasteiger partial charge in [-0.05, 0) is 37.1 Å². The van der Waals surface area contributed by atoms with Crippen LogP contribution in [0.25, 0.3) is 11.3 Å². The number of hydrogen-bond acceptors (Lipinski definition) is 6. The standard InChI is InChI=1S/C20H18ClFN6O3/c1-10(14-8-13(22)9-23-18(14)21)31-20(30)25-19-17(26-27-28(19)2)12-3-5-15-11(7-12)4-6-16(29)24-15/h3,5,7-10H,4,6H2,1-2H3,(H,24,29)(H,25,30)/t10-/m1/s1. The Kier molecular flexibility index (Phi) is 5.55. The molecule has 1 aliphatic heterocycles. The molecule has 2 N–H and O–H groups in total. The fourth-order valence-corrected chi connectivity index (χ4v) is 3.55. The minimum Gasteiger partial charge on any atom is -0.441 e. The lowest BCUT2D eigenvalue weighted by Crippen LogP contribution is -2.19. The molecule has 0 saturated heterocycles. The molecule has 1 aliphatic rings.